The summed E-state index contributed by atoms with van der Waals surface area (Å²) < 4.78 is 4.51. The zero-order chi connectivity index (χ0) is 6.85. The van der Waals surface area contributed by atoms with Crippen molar-refractivity contribution in [3.63, 3.8) is 0 Å². The predicted molar refractivity (Wildman–Crippen MR) is 28.3 cm³/mol. The Morgan fingerprint density at radius 1 is 1.00 bits per heavy atom. The average molecular weight is 134 g/mol. The summed E-state index contributed by atoms with van der Waals surface area (Å²) in [6.07, 6.45) is -2.27. The van der Waals surface area contributed by atoms with Crippen LogP contribution in [0.4, 0.5) is 0 Å². The molecule has 2 atom stereocenters. The fraction of sp³-hybridized carbons (Fsp3) is 1.00. The summed E-state index contributed by atoms with van der Waals surface area (Å²) >= 11 is 0. The Balaban J connectivity index is 2.34. The Labute approximate surface area is 52.7 Å². The van der Waals surface area contributed by atoms with Gasteiger partial charge >= 0.3 is 0 Å². The summed E-state index contributed by atoms with van der Waals surface area (Å²) in [5.74, 6) is 0. The summed E-state index contributed by atoms with van der Waals surface area (Å²) in [4.78, 5) is 0. The van der Waals surface area contributed by atoms with Crippen LogP contribution >= 0.6 is 0 Å². The second-order valence-electron chi connectivity index (χ2n) is 2.17. The molecule has 9 heavy (non-hydrogen) atoms. The van der Waals surface area contributed by atoms with Crippen molar-refractivity contribution in [2.24, 2.45) is 0 Å². The van der Waals surface area contributed by atoms with E-state index in [2.05, 4.69) is 4.74 Å². The van der Waals surface area contributed by atoms with E-state index in [-0.39, 0.29) is 12.8 Å². The smallest absolute Gasteiger partial charge is 0.160 e. The lowest BCUT2D eigenvalue weighted by Crippen LogP contribution is -2.35. The number of aliphatic hydroxyl groups excluding tert-OH is 3. The molecule has 4 nitrogen and oxygen atoms in total. The van der Waals surface area contributed by atoms with Crippen LogP contribution < -0.4 is 0 Å². The molecule has 0 amide bonds. The third-order valence-electron chi connectivity index (χ3n) is 1.26. The van der Waals surface area contributed by atoms with Crippen LogP contribution in [0.3, 0.4) is 0 Å². The van der Waals surface area contributed by atoms with E-state index in [9.17, 15) is 0 Å². The van der Waals surface area contributed by atoms with E-state index in [4.69, 9.17) is 15.3 Å². The lowest BCUT2D eigenvalue weighted by molar-refractivity contribution is -0.251. The van der Waals surface area contributed by atoms with Gasteiger partial charge in [-0.25, -0.2) is 0 Å². The first kappa shape index (κ1) is 6.95. The molecular formula is C5H10O4. The average Bonchev–Trinajstić information content (AvgIpc) is 1.59. The fourth-order valence-electron chi connectivity index (χ4n) is 0.854. The number of hydrogen-bond acceptors (Lipinski definition) is 4. The number of aliphatic hydroxyl groups is 3. The van der Waals surface area contributed by atoms with Crippen molar-refractivity contribution in [1.29, 1.82) is 0 Å². The van der Waals surface area contributed by atoms with Gasteiger partial charge in [-0.1, -0.05) is 0 Å². The van der Waals surface area contributed by atoms with Gasteiger partial charge in [-0.05, 0) is 0 Å². The Hall–Kier alpha value is -0.160. The molecule has 4 heteroatoms. The van der Waals surface area contributed by atoms with Gasteiger partial charge in [0.25, 0.3) is 0 Å². The molecule has 0 aromatic rings. The van der Waals surface area contributed by atoms with E-state index in [1.54, 1.807) is 0 Å². The minimum absolute atomic E-state index is 0.192. The molecule has 1 fully saturated rings. The zero-order valence-corrected chi connectivity index (χ0v) is 4.90. The van der Waals surface area contributed by atoms with Crippen LogP contribution in [-0.4, -0.2) is 34.0 Å². The van der Waals surface area contributed by atoms with Crippen molar-refractivity contribution in [3.8, 4) is 0 Å². The maximum absolute atomic E-state index is 8.85. The van der Waals surface area contributed by atoms with Gasteiger partial charge in [-0.2, -0.15) is 0 Å². The predicted octanol–water partition coefficient (Wildman–Crippen LogP) is -1.21. The van der Waals surface area contributed by atoms with Gasteiger partial charge in [-0.15, -0.1) is 0 Å². The molecule has 3 N–H and O–H groups in total. The van der Waals surface area contributed by atoms with E-state index < -0.39 is 18.7 Å². The molecule has 0 saturated carbocycles. The third-order valence-corrected chi connectivity index (χ3v) is 1.26. The molecule has 0 aromatic heterocycles. The Morgan fingerprint density at radius 3 is 1.78 bits per heavy atom. The second kappa shape index (κ2) is 2.62. The number of hydrogen-bond donors (Lipinski definition) is 3. The summed E-state index contributed by atoms with van der Waals surface area (Å²) in [6.45, 7) is 0. The molecule has 0 bridgehead atoms. The molecule has 1 aliphatic heterocycles. The molecule has 1 saturated heterocycles. The van der Waals surface area contributed by atoms with Gasteiger partial charge in [0.1, 0.15) is 0 Å². The van der Waals surface area contributed by atoms with Gasteiger partial charge in [0.15, 0.2) is 12.6 Å². The first-order valence-electron chi connectivity index (χ1n) is 2.88. The summed E-state index contributed by atoms with van der Waals surface area (Å²) in [7, 11) is 0. The van der Waals surface area contributed by atoms with Crippen LogP contribution in [0.25, 0.3) is 0 Å². The van der Waals surface area contributed by atoms with Gasteiger partial charge in [-0.3, -0.25) is 0 Å². The van der Waals surface area contributed by atoms with Gasteiger partial charge in [0, 0.05) is 12.8 Å². The minimum Gasteiger partial charge on any atom is -0.393 e. The maximum atomic E-state index is 8.85. The molecule has 54 valence electrons. The first-order valence-corrected chi connectivity index (χ1v) is 2.88. The largest absolute Gasteiger partial charge is 0.393 e. The summed E-state index contributed by atoms with van der Waals surface area (Å²) in [5, 5.41) is 26.3. The highest BCUT2D eigenvalue weighted by Crippen LogP contribution is 2.15. The van der Waals surface area contributed by atoms with Crippen molar-refractivity contribution < 1.29 is 20.1 Å². The highest BCUT2D eigenvalue weighted by molar-refractivity contribution is 4.64. The van der Waals surface area contributed by atoms with E-state index in [1.165, 1.54) is 0 Å². The molecule has 0 spiro atoms. The SMILES string of the molecule is OC1CC(O)OC(O)C1. The highest BCUT2D eigenvalue weighted by Gasteiger charge is 2.24. The standard InChI is InChI=1S/C5H10O4/c6-3-1-4(7)9-5(8)2-3/h3-8H,1-2H2. The van der Waals surface area contributed by atoms with Crippen LogP contribution in [-0.2, 0) is 4.74 Å². The van der Waals surface area contributed by atoms with Gasteiger partial charge < -0.3 is 20.1 Å². The van der Waals surface area contributed by atoms with Crippen molar-refractivity contribution in [2.75, 3.05) is 0 Å². The second-order valence-corrected chi connectivity index (χ2v) is 2.17. The quantitative estimate of drug-likeness (QED) is 0.389. The van der Waals surface area contributed by atoms with Crippen molar-refractivity contribution in [1.82, 2.24) is 0 Å². The van der Waals surface area contributed by atoms with Crippen LogP contribution in [0, 0.1) is 0 Å². The lowest BCUT2D eigenvalue weighted by atomic mass is 10.1. The number of rotatable bonds is 0. The Morgan fingerprint density at radius 2 is 1.44 bits per heavy atom. The van der Waals surface area contributed by atoms with E-state index >= 15 is 0 Å². The lowest BCUT2D eigenvalue weighted by Gasteiger charge is -2.26. The molecule has 0 aliphatic carbocycles. The highest BCUT2D eigenvalue weighted by atomic mass is 16.7. The third kappa shape index (κ3) is 1.91. The molecular weight excluding hydrogens is 124 g/mol. The Kier molecular flexibility index (Phi) is 2.02. The molecule has 1 aliphatic rings. The maximum Gasteiger partial charge on any atom is 0.160 e. The minimum atomic E-state index is -1.01. The molecule has 1 rings (SSSR count). The topological polar surface area (TPSA) is 69.9 Å². The summed E-state index contributed by atoms with van der Waals surface area (Å²) in [5.41, 5.74) is 0. The van der Waals surface area contributed by atoms with E-state index in [1.807, 2.05) is 0 Å². The molecule has 1 heterocycles. The molecule has 0 aromatic carbocycles. The van der Waals surface area contributed by atoms with Gasteiger partial charge in [0.2, 0.25) is 0 Å². The van der Waals surface area contributed by atoms with E-state index in [0.29, 0.717) is 0 Å². The first-order chi connectivity index (χ1) is 4.18. The molecule has 0 radical (unpaired) electrons. The van der Waals surface area contributed by atoms with Crippen molar-refractivity contribution in [2.45, 2.75) is 31.5 Å². The van der Waals surface area contributed by atoms with E-state index in [0.717, 1.165) is 0 Å². The Bertz CT molecular complexity index is 69.9. The monoisotopic (exact) mass is 134 g/mol. The van der Waals surface area contributed by atoms with Crippen molar-refractivity contribution >= 4 is 0 Å². The van der Waals surface area contributed by atoms with Gasteiger partial charge in [0.05, 0.1) is 6.10 Å². The van der Waals surface area contributed by atoms with Crippen LogP contribution in [0.5, 0.6) is 0 Å². The van der Waals surface area contributed by atoms with Crippen LogP contribution in [0.15, 0.2) is 0 Å². The fourth-order valence-corrected chi connectivity index (χ4v) is 0.854. The van der Waals surface area contributed by atoms with Crippen molar-refractivity contribution in [3.05, 3.63) is 0 Å². The summed E-state index contributed by atoms with van der Waals surface area (Å²) in [6, 6.07) is 0. The number of ether oxygens (including phenoxy) is 1. The molecule has 2 unspecified atom stereocenters. The zero-order valence-electron chi connectivity index (χ0n) is 4.90. The van der Waals surface area contributed by atoms with Crippen LogP contribution in [0.1, 0.15) is 12.8 Å². The normalized spacial score (nSPS) is 45.0. The van der Waals surface area contributed by atoms with Crippen LogP contribution in [0.2, 0.25) is 0 Å².